The Morgan fingerprint density at radius 2 is 1.61 bits per heavy atom. The van der Waals surface area contributed by atoms with Gasteiger partial charge in [0.2, 0.25) is 5.91 Å². The summed E-state index contributed by atoms with van der Waals surface area (Å²) in [5, 5.41) is 6.65. The second kappa shape index (κ2) is 9.73. The summed E-state index contributed by atoms with van der Waals surface area (Å²) in [7, 11) is 1.59. The molecule has 0 saturated heterocycles. The number of hydrazone groups is 1. The van der Waals surface area contributed by atoms with Crippen molar-refractivity contribution in [3.05, 3.63) is 65.7 Å². The zero-order valence-electron chi connectivity index (χ0n) is 15.7. The van der Waals surface area contributed by atoms with Gasteiger partial charge in [0, 0.05) is 19.7 Å². The zero-order valence-corrected chi connectivity index (χ0v) is 15.7. The van der Waals surface area contributed by atoms with Crippen LogP contribution in [0.4, 0.5) is 13.2 Å². The van der Waals surface area contributed by atoms with E-state index in [-0.39, 0.29) is 5.91 Å². The molecule has 2 aromatic carbocycles. The third kappa shape index (κ3) is 5.97. The summed E-state index contributed by atoms with van der Waals surface area (Å²) >= 11 is 0. The number of carbonyl (C=O) groups excluding carboxylic acids is 1. The molecule has 148 valence electrons. The summed E-state index contributed by atoms with van der Waals surface area (Å²) in [5.74, 6) is -0.0448. The molecule has 0 aliphatic heterocycles. The number of carbonyl (C=O) groups is 1. The number of allylic oxidation sites excluding steroid dienone is 1. The summed E-state index contributed by atoms with van der Waals surface area (Å²) in [6.45, 7) is 1.87. The second-order valence-electron chi connectivity index (χ2n) is 5.99. The number of rotatable bonds is 7. The van der Waals surface area contributed by atoms with Crippen molar-refractivity contribution >= 4 is 17.8 Å². The number of hydrogen-bond donors (Lipinski definition) is 2. The Morgan fingerprint density at radius 1 is 1.04 bits per heavy atom. The fourth-order valence-electron chi connectivity index (χ4n) is 2.49. The first-order valence-corrected chi connectivity index (χ1v) is 8.77. The molecule has 0 fully saturated rings. The van der Waals surface area contributed by atoms with E-state index in [0.29, 0.717) is 18.4 Å². The van der Waals surface area contributed by atoms with Crippen LogP contribution < -0.4 is 10.7 Å². The lowest BCUT2D eigenvalue weighted by atomic mass is 10.0. The molecule has 0 heterocycles. The molecule has 4 nitrogen and oxygen atoms in total. The molecule has 0 radical (unpaired) electrons. The van der Waals surface area contributed by atoms with E-state index in [0.717, 1.165) is 29.0 Å². The smallest absolute Gasteiger partial charge is 0.359 e. The molecule has 0 aliphatic rings. The van der Waals surface area contributed by atoms with Crippen molar-refractivity contribution in [3.63, 3.8) is 0 Å². The van der Waals surface area contributed by atoms with Gasteiger partial charge in [-0.2, -0.15) is 18.3 Å². The highest BCUT2D eigenvalue weighted by molar-refractivity contribution is 5.78. The Kier molecular flexibility index (Phi) is 7.37. The van der Waals surface area contributed by atoms with Gasteiger partial charge < -0.3 is 5.32 Å². The number of alkyl halides is 3. The van der Waals surface area contributed by atoms with Crippen molar-refractivity contribution in [2.75, 3.05) is 7.05 Å². The molecule has 2 N–H and O–H groups in total. The Morgan fingerprint density at radius 3 is 2.11 bits per heavy atom. The number of benzene rings is 2. The first kappa shape index (κ1) is 21.2. The molecule has 2 rings (SSSR count). The molecular formula is C21H22F3N3O. The monoisotopic (exact) mass is 389 g/mol. The summed E-state index contributed by atoms with van der Waals surface area (Å²) in [5.41, 5.74) is 5.48. The van der Waals surface area contributed by atoms with Crippen molar-refractivity contribution in [2.45, 2.75) is 25.9 Å². The van der Waals surface area contributed by atoms with Gasteiger partial charge in [-0.25, -0.2) is 0 Å². The zero-order chi connectivity index (χ0) is 20.6. The number of nitrogens with one attached hydrogen (secondary N) is 2. The maximum absolute atomic E-state index is 12.7. The Bertz CT molecular complexity index is 839. The highest BCUT2D eigenvalue weighted by Gasteiger charge is 2.29. The van der Waals surface area contributed by atoms with Crippen LogP contribution in [-0.2, 0) is 11.0 Å². The maximum atomic E-state index is 12.7. The van der Waals surface area contributed by atoms with E-state index in [2.05, 4.69) is 15.8 Å². The van der Waals surface area contributed by atoms with Gasteiger partial charge in [-0.3, -0.25) is 10.2 Å². The highest BCUT2D eigenvalue weighted by atomic mass is 19.4. The Hall–Kier alpha value is -3.09. The van der Waals surface area contributed by atoms with Crippen LogP contribution >= 0.6 is 0 Å². The van der Waals surface area contributed by atoms with Crippen LogP contribution in [0, 0.1) is 0 Å². The molecule has 0 spiro atoms. The molecule has 1 amide bonds. The molecule has 0 aliphatic carbocycles. The third-order valence-electron chi connectivity index (χ3n) is 4.09. The molecule has 0 aromatic heterocycles. The molecule has 7 heteroatoms. The van der Waals surface area contributed by atoms with E-state index in [1.807, 2.05) is 37.3 Å². The van der Waals surface area contributed by atoms with E-state index < -0.39 is 11.7 Å². The Balaban J connectivity index is 2.02. The van der Waals surface area contributed by atoms with Crippen LogP contribution in [0.2, 0.25) is 0 Å². The second-order valence-corrected chi connectivity index (χ2v) is 5.99. The van der Waals surface area contributed by atoms with E-state index in [1.165, 1.54) is 12.1 Å². The lowest BCUT2D eigenvalue weighted by Crippen LogP contribution is -2.17. The van der Waals surface area contributed by atoms with E-state index in [1.54, 1.807) is 13.3 Å². The van der Waals surface area contributed by atoms with E-state index in [9.17, 15) is 18.0 Å². The van der Waals surface area contributed by atoms with Crippen molar-refractivity contribution in [1.82, 2.24) is 10.7 Å². The SMILES string of the molecule is C/C=C(\N/N=C/CCC(=O)NC)c1ccc(-c2ccc(C(F)(F)F)cc2)cc1. The molecule has 0 unspecified atom stereocenters. The lowest BCUT2D eigenvalue weighted by molar-refractivity contribution is -0.137. The molecule has 0 atom stereocenters. The van der Waals surface area contributed by atoms with Crippen LogP contribution in [0.25, 0.3) is 16.8 Å². The lowest BCUT2D eigenvalue weighted by Gasteiger charge is -2.10. The van der Waals surface area contributed by atoms with Crippen molar-refractivity contribution in [2.24, 2.45) is 5.10 Å². The number of halogens is 3. The third-order valence-corrected chi connectivity index (χ3v) is 4.09. The van der Waals surface area contributed by atoms with Crippen LogP contribution in [0.5, 0.6) is 0 Å². The van der Waals surface area contributed by atoms with Crippen LogP contribution in [0.1, 0.15) is 30.9 Å². The van der Waals surface area contributed by atoms with Gasteiger partial charge in [0.1, 0.15) is 0 Å². The molecule has 28 heavy (non-hydrogen) atoms. The van der Waals surface area contributed by atoms with Crippen LogP contribution in [-0.4, -0.2) is 19.2 Å². The largest absolute Gasteiger partial charge is 0.416 e. The topological polar surface area (TPSA) is 53.5 Å². The van der Waals surface area contributed by atoms with Crippen molar-refractivity contribution in [3.8, 4) is 11.1 Å². The van der Waals surface area contributed by atoms with Crippen molar-refractivity contribution in [1.29, 1.82) is 0 Å². The minimum atomic E-state index is -4.34. The summed E-state index contributed by atoms with van der Waals surface area (Å²) < 4.78 is 38.0. The standard InChI is InChI=1S/C21H22F3N3O/c1-3-19(27-26-14-4-5-20(28)25-2)17-8-6-15(7-9-17)16-10-12-18(13-11-16)21(22,23)24/h3,6-14,27H,4-5H2,1-2H3,(H,25,28)/b19-3-,26-14+. The minimum Gasteiger partial charge on any atom is -0.359 e. The van der Waals surface area contributed by atoms with Gasteiger partial charge in [-0.15, -0.1) is 0 Å². The predicted octanol–water partition coefficient (Wildman–Crippen LogP) is 4.83. The van der Waals surface area contributed by atoms with Crippen LogP contribution in [0.3, 0.4) is 0 Å². The predicted molar refractivity (Wildman–Crippen MR) is 105 cm³/mol. The fourth-order valence-corrected chi connectivity index (χ4v) is 2.49. The first-order valence-electron chi connectivity index (χ1n) is 8.77. The maximum Gasteiger partial charge on any atom is 0.416 e. The van der Waals surface area contributed by atoms with Crippen LogP contribution in [0.15, 0.2) is 59.7 Å². The summed E-state index contributed by atoms with van der Waals surface area (Å²) in [6, 6.07) is 12.5. The van der Waals surface area contributed by atoms with Gasteiger partial charge >= 0.3 is 6.18 Å². The van der Waals surface area contributed by atoms with Gasteiger partial charge in [0.05, 0.1) is 11.3 Å². The van der Waals surface area contributed by atoms with E-state index >= 15 is 0 Å². The minimum absolute atomic E-state index is 0.0448. The van der Waals surface area contributed by atoms with Gasteiger partial charge in [0.25, 0.3) is 0 Å². The number of hydrogen-bond acceptors (Lipinski definition) is 3. The van der Waals surface area contributed by atoms with Gasteiger partial charge in [0.15, 0.2) is 0 Å². The quantitative estimate of drug-likeness (QED) is 0.526. The Labute approximate surface area is 162 Å². The number of amides is 1. The normalized spacial score (nSPS) is 12.2. The number of nitrogens with zero attached hydrogens (tertiary/aromatic N) is 1. The van der Waals surface area contributed by atoms with E-state index in [4.69, 9.17) is 0 Å². The average Bonchev–Trinajstić information content (AvgIpc) is 2.70. The average molecular weight is 389 g/mol. The summed E-state index contributed by atoms with van der Waals surface area (Å²) in [6.07, 6.45) is 0.0550. The highest BCUT2D eigenvalue weighted by Crippen LogP contribution is 2.31. The molecular weight excluding hydrogens is 367 g/mol. The molecule has 0 saturated carbocycles. The fraction of sp³-hybridized carbons (Fsp3) is 0.238. The molecule has 0 bridgehead atoms. The molecule has 2 aromatic rings. The first-order chi connectivity index (χ1) is 13.3. The summed E-state index contributed by atoms with van der Waals surface area (Å²) in [4.78, 5) is 11.1. The van der Waals surface area contributed by atoms with Gasteiger partial charge in [-0.05, 0) is 42.2 Å². The van der Waals surface area contributed by atoms with Crippen molar-refractivity contribution < 1.29 is 18.0 Å². The van der Waals surface area contributed by atoms with Gasteiger partial charge in [-0.1, -0.05) is 42.5 Å².